The second-order valence-electron chi connectivity index (χ2n) is 2.24. The second-order valence-corrected chi connectivity index (χ2v) is 2.24. The average molecular weight is 177 g/mol. The summed E-state index contributed by atoms with van der Waals surface area (Å²) in [6, 6.07) is 0. The van der Waals surface area contributed by atoms with Crippen molar-refractivity contribution in [1.82, 2.24) is 0 Å². The predicted octanol–water partition coefficient (Wildman–Crippen LogP) is 1.91. The van der Waals surface area contributed by atoms with Crippen molar-refractivity contribution in [1.29, 1.82) is 0 Å². The molecule has 0 fully saturated rings. The molecule has 0 unspecified atom stereocenters. The lowest BCUT2D eigenvalue weighted by molar-refractivity contribution is 0.815. The van der Waals surface area contributed by atoms with Crippen molar-refractivity contribution in [2.45, 2.75) is 26.2 Å². The summed E-state index contributed by atoms with van der Waals surface area (Å²) in [5, 5.41) is 0. The molecule has 0 aromatic carbocycles. The molecule has 0 saturated heterocycles. The van der Waals surface area contributed by atoms with Gasteiger partial charge in [-0.25, -0.2) is 0 Å². The van der Waals surface area contributed by atoms with Crippen molar-refractivity contribution in [3.63, 3.8) is 0 Å². The third-order valence-electron chi connectivity index (χ3n) is 1.15. The SMILES string of the molecule is CCCCC=CC=C(N)N.Cl. The summed E-state index contributed by atoms with van der Waals surface area (Å²) in [5.41, 5.74) is 10.4. The lowest BCUT2D eigenvalue weighted by Gasteiger charge is -1.87. The van der Waals surface area contributed by atoms with Crippen LogP contribution in [0.3, 0.4) is 0 Å². The van der Waals surface area contributed by atoms with E-state index < -0.39 is 0 Å². The van der Waals surface area contributed by atoms with Crippen molar-refractivity contribution in [2.24, 2.45) is 11.5 Å². The number of halogens is 1. The highest BCUT2D eigenvalue weighted by Gasteiger charge is 1.76. The minimum absolute atomic E-state index is 0. The van der Waals surface area contributed by atoms with E-state index in [9.17, 15) is 0 Å². The summed E-state index contributed by atoms with van der Waals surface area (Å²) < 4.78 is 0. The van der Waals surface area contributed by atoms with Gasteiger partial charge in [0.1, 0.15) is 0 Å². The number of allylic oxidation sites excluding steroid dienone is 3. The van der Waals surface area contributed by atoms with Crippen LogP contribution in [-0.2, 0) is 0 Å². The molecular formula is C8H17ClN2. The Bertz CT molecular complexity index is 126. The topological polar surface area (TPSA) is 52.0 Å². The highest BCUT2D eigenvalue weighted by molar-refractivity contribution is 5.85. The van der Waals surface area contributed by atoms with Crippen LogP contribution in [0.4, 0.5) is 0 Å². The standard InChI is InChI=1S/C8H16N2.ClH/c1-2-3-4-5-6-7-8(9)10;/h5-7H,2-4,9-10H2,1H3;1H. The van der Waals surface area contributed by atoms with E-state index in [0.717, 1.165) is 6.42 Å². The van der Waals surface area contributed by atoms with Gasteiger partial charge in [0.2, 0.25) is 0 Å². The van der Waals surface area contributed by atoms with Gasteiger partial charge in [-0.3, -0.25) is 0 Å². The van der Waals surface area contributed by atoms with E-state index in [4.69, 9.17) is 11.5 Å². The van der Waals surface area contributed by atoms with Gasteiger partial charge >= 0.3 is 0 Å². The Kier molecular flexibility index (Phi) is 11.1. The fraction of sp³-hybridized carbons (Fsp3) is 0.500. The first-order chi connectivity index (χ1) is 4.77. The summed E-state index contributed by atoms with van der Waals surface area (Å²) in [4.78, 5) is 0. The van der Waals surface area contributed by atoms with Crippen molar-refractivity contribution >= 4 is 12.4 Å². The zero-order valence-electron chi connectivity index (χ0n) is 6.92. The first-order valence-electron chi connectivity index (χ1n) is 3.65. The van der Waals surface area contributed by atoms with Gasteiger partial charge in [-0.15, -0.1) is 12.4 Å². The van der Waals surface area contributed by atoms with Gasteiger partial charge in [0.15, 0.2) is 0 Å². The number of hydrogen-bond donors (Lipinski definition) is 2. The minimum atomic E-state index is 0. The average Bonchev–Trinajstić information content (AvgIpc) is 1.87. The van der Waals surface area contributed by atoms with E-state index in [1.807, 2.05) is 6.08 Å². The highest BCUT2D eigenvalue weighted by Crippen LogP contribution is 1.94. The quantitative estimate of drug-likeness (QED) is 0.508. The molecule has 3 heteroatoms. The van der Waals surface area contributed by atoms with Crippen molar-refractivity contribution in [3.05, 3.63) is 24.0 Å². The first kappa shape index (κ1) is 13.0. The molecule has 4 N–H and O–H groups in total. The fourth-order valence-corrected chi connectivity index (χ4v) is 0.597. The first-order valence-corrected chi connectivity index (χ1v) is 3.65. The molecule has 2 nitrogen and oxygen atoms in total. The van der Waals surface area contributed by atoms with Gasteiger partial charge in [-0.2, -0.15) is 0 Å². The molecule has 0 radical (unpaired) electrons. The van der Waals surface area contributed by atoms with Crippen LogP contribution >= 0.6 is 12.4 Å². The van der Waals surface area contributed by atoms with Gasteiger partial charge < -0.3 is 11.5 Å². The van der Waals surface area contributed by atoms with E-state index in [0.29, 0.717) is 5.82 Å². The molecule has 0 rings (SSSR count). The Morgan fingerprint density at radius 3 is 2.45 bits per heavy atom. The van der Waals surface area contributed by atoms with E-state index >= 15 is 0 Å². The lowest BCUT2D eigenvalue weighted by Crippen LogP contribution is -2.06. The van der Waals surface area contributed by atoms with Crippen LogP contribution in [-0.4, -0.2) is 0 Å². The molecule has 0 aliphatic heterocycles. The maximum absolute atomic E-state index is 5.19. The molecule has 66 valence electrons. The van der Waals surface area contributed by atoms with E-state index in [1.165, 1.54) is 12.8 Å². The molecule has 11 heavy (non-hydrogen) atoms. The highest BCUT2D eigenvalue weighted by atomic mass is 35.5. The van der Waals surface area contributed by atoms with Crippen LogP contribution in [0.2, 0.25) is 0 Å². The molecule has 0 aromatic rings. The zero-order chi connectivity index (χ0) is 7.82. The predicted molar refractivity (Wildman–Crippen MR) is 52.4 cm³/mol. The zero-order valence-corrected chi connectivity index (χ0v) is 7.73. The molecule has 0 atom stereocenters. The van der Waals surface area contributed by atoms with Crippen LogP contribution < -0.4 is 11.5 Å². The Labute approximate surface area is 74.7 Å². The summed E-state index contributed by atoms with van der Waals surface area (Å²) in [5.74, 6) is 0.368. The van der Waals surface area contributed by atoms with Crippen LogP contribution in [0.25, 0.3) is 0 Å². The number of nitrogens with two attached hydrogens (primary N) is 2. The van der Waals surface area contributed by atoms with Gasteiger partial charge in [0, 0.05) is 0 Å². The molecule has 0 saturated carbocycles. The Morgan fingerprint density at radius 2 is 2.00 bits per heavy atom. The largest absolute Gasteiger partial charge is 0.386 e. The van der Waals surface area contributed by atoms with Crippen LogP contribution in [0.15, 0.2) is 24.0 Å². The van der Waals surface area contributed by atoms with Gasteiger partial charge in [0.25, 0.3) is 0 Å². The molecule has 0 aliphatic carbocycles. The van der Waals surface area contributed by atoms with Gasteiger partial charge in [-0.05, 0) is 12.5 Å². The molecule has 0 heterocycles. The second kappa shape index (κ2) is 9.37. The number of unbranched alkanes of at least 4 members (excludes halogenated alkanes) is 2. The third-order valence-corrected chi connectivity index (χ3v) is 1.15. The van der Waals surface area contributed by atoms with Gasteiger partial charge in [0.05, 0.1) is 5.82 Å². The van der Waals surface area contributed by atoms with Crippen LogP contribution in [0.5, 0.6) is 0 Å². The van der Waals surface area contributed by atoms with Crippen LogP contribution in [0.1, 0.15) is 26.2 Å². The van der Waals surface area contributed by atoms with Gasteiger partial charge in [-0.1, -0.05) is 31.9 Å². The van der Waals surface area contributed by atoms with E-state index in [1.54, 1.807) is 6.08 Å². The number of hydrogen-bond acceptors (Lipinski definition) is 2. The lowest BCUT2D eigenvalue weighted by atomic mass is 10.2. The molecule has 0 aliphatic rings. The van der Waals surface area contributed by atoms with E-state index in [2.05, 4.69) is 13.0 Å². The monoisotopic (exact) mass is 176 g/mol. The Hall–Kier alpha value is -0.630. The Morgan fingerprint density at radius 1 is 1.36 bits per heavy atom. The third kappa shape index (κ3) is 12.5. The van der Waals surface area contributed by atoms with E-state index in [-0.39, 0.29) is 12.4 Å². The summed E-state index contributed by atoms with van der Waals surface area (Å²) in [6.45, 7) is 2.17. The molecule has 0 amide bonds. The smallest absolute Gasteiger partial charge is 0.0933 e. The van der Waals surface area contributed by atoms with Crippen LogP contribution in [0, 0.1) is 0 Å². The van der Waals surface area contributed by atoms with Crippen molar-refractivity contribution in [3.8, 4) is 0 Å². The molecule has 0 bridgehead atoms. The summed E-state index contributed by atoms with van der Waals surface area (Å²) in [7, 11) is 0. The summed E-state index contributed by atoms with van der Waals surface area (Å²) >= 11 is 0. The van der Waals surface area contributed by atoms with Crippen molar-refractivity contribution in [2.75, 3.05) is 0 Å². The normalized spacial score (nSPS) is 9.18. The molecular weight excluding hydrogens is 160 g/mol. The van der Waals surface area contributed by atoms with Crippen molar-refractivity contribution < 1.29 is 0 Å². The maximum atomic E-state index is 5.19. The maximum Gasteiger partial charge on any atom is 0.0933 e. The number of rotatable bonds is 4. The Balaban J connectivity index is 0. The molecule has 0 spiro atoms. The summed E-state index contributed by atoms with van der Waals surface area (Å²) in [6.07, 6.45) is 9.24. The minimum Gasteiger partial charge on any atom is -0.386 e. The fourth-order valence-electron chi connectivity index (χ4n) is 0.597. The molecule has 0 aromatic heterocycles.